The number of hydrogen-bond acceptors (Lipinski definition) is 4. The number of ether oxygens (including phenoxy) is 1. The molecule has 2 fully saturated rings. The van der Waals surface area contributed by atoms with E-state index in [-0.39, 0.29) is 18.0 Å². The molecule has 6 nitrogen and oxygen atoms in total. The van der Waals surface area contributed by atoms with Crippen molar-refractivity contribution in [3.8, 4) is 0 Å². The molecule has 0 aliphatic carbocycles. The molecule has 1 atom stereocenters. The van der Waals surface area contributed by atoms with Crippen LogP contribution in [0.3, 0.4) is 0 Å². The number of cyclic esters (lactones) is 1. The van der Waals surface area contributed by atoms with E-state index in [0.29, 0.717) is 12.1 Å². The fraction of sp³-hybridized carbons (Fsp3) is 0.500. The molecule has 0 unspecified atom stereocenters. The Morgan fingerprint density at radius 1 is 1.23 bits per heavy atom. The predicted molar refractivity (Wildman–Crippen MR) is 85.4 cm³/mol. The summed E-state index contributed by atoms with van der Waals surface area (Å²) < 4.78 is 5.49. The summed E-state index contributed by atoms with van der Waals surface area (Å²) in [6.07, 6.45) is 3.40. The number of nitrogens with one attached hydrogen (secondary N) is 1. The summed E-state index contributed by atoms with van der Waals surface area (Å²) in [6.45, 7) is 3.59. The van der Waals surface area contributed by atoms with Crippen LogP contribution in [0.5, 0.6) is 0 Å². The van der Waals surface area contributed by atoms with Crippen molar-refractivity contribution in [2.75, 3.05) is 31.1 Å². The maximum atomic E-state index is 12.1. The van der Waals surface area contributed by atoms with Crippen molar-refractivity contribution in [3.05, 3.63) is 29.8 Å². The number of hydrogen-bond donors (Lipinski definition) is 2. The van der Waals surface area contributed by atoms with E-state index in [1.807, 2.05) is 0 Å². The fourth-order valence-electron chi connectivity index (χ4n) is 3.08. The fourth-order valence-corrected chi connectivity index (χ4v) is 3.08. The first kappa shape index (κ1) is 14.8. The van der Waals surface area contributed by atoms with Gasteiger partial charge in [-0.1, -0.05) is 6.42 Å². The molecule has 0 spiro atoms. The number of nitrogens with two attached hydrogens (primary N) is 1. The Hall–Kier alpha value is -2.08. The van der Waals surface area contributed by atoms with Crippen molar-refractivity contribution in [2.24, 2.45) is 5.73 Å². The van der Waals surface area contributed by atoms with Gasteiger partial charge >= 0.3 is 6.09 Å². The number of rotatable bonds is 4. The van der Waals surface area contributed by atoms with E-state index >= 15 is 0 Å². The van der Waals surface area contributed by atoms with Crippen molar-refractivity contribution < 1.29 is 9.53 Å². The number of amides is 1. The van der Waals surface area contributed by atoms with Gasteiger partial charge in [-0.15, -0.1) is 0 Å². The van der Waals surface area contributed by atoms with E-state index in [1.165, 1.54) is 19.3 Å². The highest BCUT2D eigenvalue weighted by Gasteiger charge is 2.33. The van der Waals surface area contributed by atoms with Crippen LogP contribution in [0.4, 0.5) is 10.5 Å². The predicted octanol–water partition coefficient (Wildman–Crippen LogP) is 1.78. The number of likely N-dealkylation sites (tertiary alicyclic amines) is 1. The highest BCUT2D eigenvalue weighted by molar-refractivity contribution is 5.96. The number of piperidine rings is 1. The van der Waals surface area contributed by atoms with Crippen LogP contribution in [-0.4, -0.2) is 49.1 Å². The molecule has 2 heterocycles. The van der Waals surface area contributed by atoms with E-state index in [9.17, 15) is 4.79 Å². The van der Waals surface area contributed by atoms with E-state index in [4.69, 9.17) is 15.9 Å². The Morgan fingerprint density at radius 2 is 1.91 bits per heavy atom. The summed E-state index contributed by atoms with van der Waals surface area (Å²) in [4.78, 5) is 16.1. The Morgan fingerprint density at radius 3 is 2.55 bits per heavy atom. The number of benzene rings is 1. The normalized spacial score (nSPS) is 22.6. The van der Waals surface area contributed by atoms with E-state index in [1.54, 1.807) is 29.2 Å². The smallest absolute Gasteiger partial charge is 0.414 e. The topological polar surface area (TPSA) is 82.7 Å². The molecule has 6 heteroatoms. The summed E-state index contributed by atoms with van der Waals surface area (Å²) in [5.74, 6) is 0.0264. The van der Waals surface area contributed by atoms with Crippen LogP contribution in [0.15, 0.2) is 24.3 Å². The molecule has 1 aromatic rings. The molecule has 22 heavy (non-hydrogen) atoms. The average molecular weight is 302 g/mol. The van der Waals surface area contributed by atoms with Crippen LogP contribution in [0.25, 0.3) is 0 Å². The average Bonchev–Trinajstić information content (AvgIpc) is 2.89. The zero-order valence-electron chi connectivity index (χ0n) is 12.6. The third kappa shape index (κ3) is 3.22. The summed E-state index contributed by atoms with van der Waals surface area (Å²) in [5.41, 5.74) is 6.89. The van der Waals surface area contributed by atoms with Crippen LogP contribution >= 0.6 is 0 Å². The van der Waals surface area contributed by atoms with Crippen LogP contribution in [0, 0.1) is 5.41 Å². The molecular weight excluding hydrogens is 280 g/mol. The van der Waals surface area contributed by atoms with Gasteiger partial charge in [-0.05, 0) is 50.2 Å². The van der Waals surface area contributed by atoms with Crippen LogP contribution in [0.2, 0.25) is 0 Å². The largest absolute Gasteiger partial charge is 0.443 e. The molecule has 0 bridgehead atoms. The number of amidine groups is 1. The van der Waals surface area contributed by atoms with Gasteiger partial charge in [0.2, 0.25) is 0 Å². The third-order valence-electron chi connectivity index (χ3n) is 4.27. The van der Waals surface area contributed by atoms with Gasteiger partial charge in [-0.2, -0.15) is 0 Å². The van der Waals surface area contributed by atoms with Gasteiger partial charge in [0.15, 0.2) is 0 Å². The first-order valence-corrected chi connectivity index (χ1v) is 7.78. The maximum Gasteiger partial charge on any atom is 0.414 e. The number of anilines is 1. The Balaban J connectivity index is 1.62. The minimum Gasteiger partial charge on any atom is -0.443 e. The molecule has 1 amide bonds. The van der Waals surface area contributed by atoms with Gasteiger partial charge in [0.25, 0.3) is 0 Å². The molecule has 3 N–H and O–H groups in total. The lowest BCUT2D eigenvalue weighted by Gasteiger charge is -2.27. The molecule has 0 radical (unpaired) electrons. The van der Waals surface area contributed by atoms with Crippen molar-refractivity contribution in [2.45, 2.75) is 25.4 Å². The highest BCUT2D eigenvalue weighted by atomic mass is 16.6. The SMILES string of the molecule is N=C(N)c1ccc(N2C[C@@H](CN3CCCCC3)OC2=O)cc1. The highest BCUT2D eigenvalue weighted by Crippen LogP contribution is 2.23. The standard InChI is InChI=1S/C16H22N4O2/c17-15(18)12-4-6-13(7-5-12)20-11-14(22-16(20)21)10-19-8-2-1-3-9-19/h4-7,14H,1-3,8-11H2,(H3,17,18)/t14-/m1/s1. The Bertz CT molecular complexity index is 552. The minimum absolute atomic E-state index is 0.0264. The Kier molecular flexibility index (Phi) is 4.29. The molecule has 0 saturated carbocycles. The number of nitrogens with zero attached hydrogens (tertiary/aromatic N) is 2. The first-order valence-electron chi connectivity index (χ1n) is 7.78. The number of carbonyl (C=O) groups is 1. The summed E-state index contributed by atoms with van der Waals surface area (Å²) >= 11 is 0. The molecule has 118 valence electrons. The molecule has 2 saturated heterocycles. The van der Waals surface area contributed by atoms with Gasteiger partial charge in [0.05, 0.1) is 6.54 Å². The van der Waals surface area contributed by atoms with Crippen LogP contribution in [-0.2, 0) is 4.74 Å². The minimum atomic E-state index is -0.294. The molecule has 1 aromatic carbocycles. The van der Waals surface area contributed by atoms with Crippen molar-refractivity contribution in [1.29, 1.82) is 5.41 Å². The number of nitrogen functional groups attached to an aromatic ring is 1. The third-order valence-corrected chi connectivity index (χ3v) is 4.27. The first-order chi connectivity index (χ1) is 10.6. The molecule has 2 aliphatic rings. The van der Waals surface area contributed by atoms with Crippen molar-refractivity contribution >= 4 is 17.6 Å². The molecule has 3 rings (SSSR count). The lowest BCUT2D eigenvalue weighted by atomic mass is 10.1. The van der Waals surface area contributed by atoms with Gasteiger partial charge in [-0.25, -0.2) is 4.79 Å². The summed E-state index contributed by atoms with van der Waals surface area (Å²) in [6, 6.07) is 7.12. The molecule has 0 aromatic heterocycles. The zero-order valence-corrected chi connectivity index (χ0v) is 12.6. The quantitative estimate of drug-likeness (QED) is 0.656. The lowest BCUT2D eigenvalue weighted by Crippen LogP contribution is -2.38. The monoisotopic (exact) mass is 302 g/mol. The zero-order chi connectivity index (χ0) is 15.5. The maximum absolute atomic E-state index is 12.1. The van der Waals surface area contributed by atoms with Crippen LogP contribution < -0.4 is 10.6 Å². The second-order valence-electron chi connectivity index (χ2n) is 5.94. The van der Waals surface area contributed by atoms with E-state index in [2.05, 4.69) is 4.90 Å². The van der Waals surface area contributed by atoms with Crippen LogP contribution in [0.1, 0.15) is 24.8 Å². The second kappa shape index (κ2) is 6.36. The van der Waals surface area contributed by atoms with Crippen molar-refractivity contribution in [1.82, 2.24) is 4.90 Å². The summed E-state index contributed by atoms with van der Waals surface area (Å²) in [5, 5.41) is 7.40. The van der Waals surface area contributed by atoms with Gasteiger partial charge in [0, 0.05) is 17.8 Å². The van der Waals surface area contributed by atoms with Crippen molar-refractivity contribution in [3.63, 3.8) is 0 Å². The van der Waals surface area contributed by atoms with Gasteiger partial charge in [-0.3, -0.25) is 15.2 Å². The Labute approximate surface area is 130 Å². The van der Waals surface area contributed by atoms with E-state index in [0.717, 1.165) is 25.3 Å². The van der Waals surface area contributed by atoms with Gasteiger partial charge in [0.1, 0.15) is 11.9 Å². The molecule has 2 aliphatic heterocycles. The second-order valence-corrected chi connectivity index (χ2v) is 5.94. The summed E-state index contributed by atoms with van der Waals surface area (Å²) in [7, 11) is 0. The lowest BCUT2D eigenvalue weighted by molar-refractivity contribution is 0.101. The van der Waals surface area contributed by atoms with Gasteiger partial charge < -0.3 is 10.5 Å². The number of carbonyl (C=O) groups excluding carboxylic acids is 1. The van der Waals surface area contributed by atoms with E-state index < -0.39 is 0 Å². The molecular formula is C16H22N4O2.